The summed E-state index contributed by atoms with van der Waals surface area (Å²) in [5.74, 6) is 0.609. The van der Waals surface area contributed by atoms with Gasteiger partial charge in [0.05, 0.1) is 5.75 Å². The summed E-state index contributed by atoms with van der Waals surface area (Å²) in [5.41, 5.74) is 0.651. The van der Waals surface area contributed by atoms with E-state index in [9.17, 15) is 12.8 Å². The Morgan fingerprint density at radius 2 is 2.00 bits per heavy atom. The number of benzene rings is 1. The van der Waals surface area contributed by atoms with Crippen molar-refractivity contribution in [2.45, 2.75) is 12.8 Å². The zero-order valence-corrected chi connectivity index (χ0v) is 16.8. The van der Waals surface area contributed by atoms with Crippen LogP contribution >= 0.6 is 24.0 Å². The van der Waals surface area contributed by atoms with Gasteiger partial charge in [0, 0.05) is 33.2 Å². The first-order chi connectivity index (χ1) is 11.0. The van der Waals surface area contributed by atoms with Crippen molar-refractivity contribution in [2.24, 2.45) is 4.99 Å². The average molecular weight is 470 g/mol. The van der Waals surface area contributed by atoms with E-state index in [1.54, 1.807) is 19.2 Å². The first-order valence-corrected chi connectivity index (χ1v) is 9.29. The lowest BCUT2D eigenvalue weighted by Gasteiger charge is -2.16. The van der Waals surface area contributed by atoms with Crippen molar-refractivity contribution >= 4 is 40.0 Å². The highest BCUT2D eigenvalue weighted by molar-refractivity contribution is 14.0. The average Bonchev–Trinajstić information content (AvgIpc) is 2.86. The van der Waals surface area contributed by atoms with Gasteiger partial charge in [-0.2, -0.15) is 0 Å². The fraction of sp³-hybridized carbons (Fsp3) is 0.533. The first-order valence-electron chi connectivity index (χ1n) is 7.68. The summed E-state index contributed by atoms with van der Waals surface area (Å²) in [6, 6.07) is 6.67. The minimum absolute atomic E-state index is 0. The third kappa shape index (κ3) is 6.17. The molecule has 0 amide bonds. The molecule has 2 N–H and O–H groups in total. The molecule has 1 aliphatic rings. The van der Waals surface area contributed by atoms with Crippen LogP contribution in [0.1, 0.15) is 12.0 Å². The maximum absolute atomic E-state index is 13.5. The number of guanidine groups is 1. The standard InChI is InChI=1S/C15H23FN4O2S.HI/c1-17-15(18-8-7-13-5-2-3-6-14(13)16)19-9-11-20-10-4-12-23(20,21)22;/h2-3,5-6H,4,7-12H2,1H3,(H2,17,18,19);1H. The van der Waals surface area contributed by atoms with E-state index in [0.717, 1.165) is 0 Å². The molecule has 0 bridgehead atoms. The summed E-state index contributed by atoms with van der Waals surface area (Å²) in [6.45, 7) is 2.04. The van der Waals surface area contributed by atoms with Gasteiger partial charge in [0.25, 0.3) is 0 Å². The molecular weight excluding hydrogens is 446 g/mol. The number of nitrogens with zero attached hydrogens (tertiary/aromatic N) is 2. The second-order valence-corrected chi connectivity index (χ2v) is 7.42. The van der Waals surface area contributed by atoms with Gasteiger partial charge in [-0.05, 0) is 24.5 Å². The molecule has 0 aliphatic carbocycles. The lowest BCUT2D eigenvalue weighted by Crippen LogP contribution is -2.42. The number of nitrogens with one attached hydrogen (secondary N) is 2. The van der Waals surface area contributed by atoms with Crippen molar-refractivity contribution in [3.05, 3.63) is 35.6 Å². The zero-order chi connectivity index (χ0) is 16.7. The van der Waals surface area contributed by atoms with Crippen molar-refractivity contribution in [3.63, 3.8) is 0 Å². The fourth-order valence-electron chi connectivity index (χ4n) is 2.48. The number of hydrogen-bond donors (Lipinski definition) is 2. The van der Waals surface area contributed by atoms with E-state index in [1.165, 1.54) is 10.4 Å². The molecule has 1 aliphatic heterocycles. The number of halogens is 2. The number of hydrogen-bond acceptors (Lipinski definition) is 3. The third-order valence-electron chi connectivity index (χ3n) is 3.73. The van der Waals surface area contributed by atoms with Gasteiger partial charge in [-0.15, -0.1) is 24.0 Å². The highest BCUT2D eigenvalue weighted by atomic mass is 127. The molecule has 0 aromatic heterocycles. The topological polar surface area (TPSA) is 73.8 Å². The Morgan fingerprint density at radius 1 is 1.29 bits per heavy atom. The molecule has 0 saturated carbocycles. The normalized spacial score (nSPS) is 17.3. The van der Waals surface area contributed by atoms with Gasteiger partial charge in [-0.3, -0.25) is 4.99 Å². The van der Waals surface area contributed by atoms with Gasteiger partial charge in [-0.25, -0.2) is 17.1 Å². The van der Waals surface area contributed by atoms with Crippen LogP contribution in [-0.4, -0.2) is 57.7 Å². The lowest BCUT2D eigenvalue weighted by atomic mass is 10.1. The van der Waals surface area contributed by atoms with Crippen LogP contribution in [0.25, 0.3) is 0 Å². The Bertz CT molecular complexity index is 655. The molecule has 2 rings (SSSR count). The second-order valence-electron chi connectivity index (χ2n) is 5.34. The molecule has 136 valence electrons. The van der Waals surface area contributed by atoms with Crippen LogP contribution < -0.4 is 10.6 Å². The Kier molecular flexibility index (Phi) is 8.92. The summed E-state index contributed by atoms with van der Waals surface area (Å²) < 4.78 is 38.4. The van der Waals surface area contributed by atoms with Gasteiger partial charge in [-0.1, -0.05) is 18.2 Å². The number of aliphatic imine (C=N–C) groups is 1. The maximum atomic E-state index is 13.5. The third-order valence-corrected chi connectivity index (χ3v) is 5.68. The molecule has 1 aromatic carbocycles. The second kappa shape index (κ2) is 10.1. The van der Waals surface area contributed by atoms with Gasteiger partial charge in [0.15, 0.2) is 5.96 Å². The highest BCUT2D eigenvalue weighted by Crippen LogP contribution is 2.11. The largest absolute Gasteiger partial charge is 0.356 e. The summed E-state index contributed by atoms with van der Waals surface area (Å²) in [6.07, 6.45) is 1.24. The summed E-state index contributed by atoms with van der Waals surface area (Å²) >= 11 is 0. The van der Waals surface area contributed by atoms with Crippen LogP contribution in [0.2, 0.25) is 0 Å². The van der Waals surface area contributed by atoms with E-state index in [1.807, 2.05) is 6.07 Å². The molecule has 1 aromatic rings. The summed E-state index contributed by atoms with van der Waals surface area (Å²) in [7, 11) is -1.41. The minimum Gasteiger partial charge on any atom is -0.356 e. The van der Waals surface area contributed by atoms with E-state index >= 15 is 0 Å². The molecule has 6 nitrogen and oxygen atoms in total. The van der Waals surface area contributed by atoms with E-state index < -0.39 is 10.0 Å². The Balaban J connectivity index is 0.00000288. The molecule has 0 radical (unpaired) electrons. The van der Waals surface area contributed by atoms with Crippen molar-refractivity contribution in [2.75, 3.05) is 39.0 Å². The zero-order valence-electron chi connectivity index (χ0n) is 13.7. The van der Waals surface area contributed by atoms with Gasteiger partial charge in [0.1, 0.15) is 5.82 Å². The molecule has 9 heteroatoms. The molecule has 0 spiro atoms. The van der Waals surface area contributed by atoms with Crippen LogP contribution in [0.15, 0.2) is 29.3 Å². The van der Waals surface area contributed by atoms with E-state index in [0.29, 0.717) is 50.5 Å². The Morgan fingerprint density at radius 3 is 2.62 bits per heavy atom. The summed E-state index contributed by atoms with van der Waals surface area (Å²) in [4.78, 5) is 4.07. The van der Waals surface area contributed by atoms with E-state index in [4.69, 9.17) is 0 Å². The lowest BCUT2D eigenvalue weighted by molar-refractivity contribution is 0.445. The Labute approximate surface area is 160 Å². The van der Waals surface area contributed by atoms with Gasteiger partial charge in [0.2, 0.25) is 10.0 Å². The van der Waals surface area contributed by atoms with Crippen LogP contribution in [0.3, 0.4) is 0 Å². The molecule has 1 heterocycles. The molecular formula is C15H24FIN4O2S. The number of sulfonamides is 1. The molecule has 1 fully saturated rings. The predicted molar refractivity (Wildman–Crippen MR) is 105 cm³/mol. The Hall–Kier alpha value is -0.940. The van der Waals surface area contributed by atoms with Crippen LogP contribution in [0, 0.1) is 5.82 Å². The predicted octanol–water partition coefficient (Wildman–Crippen LogP) is 1.19. The summed E-state index contributed by atoms with van der Waals surface area (Å²) in [5, 5.41) is 6.17. The van der Waals surface area contributed by atoms with Crippen molar-refractivity contribution in [3.8, 4) is 0 Å². The van der Waals surface area contributed by atoms with Crippen molar-refractivity contribution < 1.29 is 12.8 Å². The number of rotatable bonds is 6. The van der Waals surface area contributed by atoms with E-state index in [2.05, 4.69) is 15.6 Å². The fourth-order valence-corrected chi connectivity index (χ4v) is 4.01. The molecule has 24 heavy (non-hydrogen) atoms. The van der Waals surface area contributed by atoms with Crippen molar-refractivity contribution in [1.82, 2.24) is 14.9 Å². The van der Waals surface area contributed by atoms with Gasteiger partial charge < -0.3 is 10.6 Å². The maximum Gasteiger partial charge on any atom is 0.214 e. The van der Waals surface area contributed by atoms with E-state index in [-0.39, 0.29) is 35.5 Å². The molecule has 0 unspecified atom stereocenters. The quantitative estimate of drug-likeness (QED) is 0.372. The molecule has 0 atom stereocenters. The van der Waals surface area contributed by atoms with Crippen LogP contribution in [-0.2, 0) is 16.4 Å². The van der Waals surface area contributed by atoms with Crippen LogP contribution in [0.4, 0.5) is 4.39 Å². The smallest absolute Gasteiger partial charge is 0.214 e. The van der Waals surface area contributed by atoms with Crippen LogP contribution in [0.5, 0.6) is 0 Å². The van der Waals surface area contributed by atoms with Crippen molar-refractivity contribution in [1.29, 1.82) is 0 Å². The van der Waals surface area contributed by atoms with Gasteiger partial charge >= 0.3 is 0 Å². The SMILES string of the molecule is CN=C(NCCc1ccccc1F)NCCN1CCCS1(=O)=O.I. The minimum atomic E-state index is -3.06. The molecule has 1 saturated heterocycles. The highest BCUT2D eigenvalue weighted by Gasteiger charge is 2.27. The first kappa shape index (κ1) is 21.1. The monoisotopic (exact) mass is 470 g/mol.